The number of amides is 1. The number of nitrogens with one attached hydrogen (secondary N) is 1. The van der Waals surface area contributed by atoms with Crippen LogP contribution in [0.1, 0.15) is 52.0 Å². The monoisotopic (exact) mass is 539 g/mol. The summed E-state index contributed by atoms with van der Waals surface area (Å²) in [5, 5.41) is 3.69. The number of rotatable bonds is 13. The van der Waals surface area contributed by atoms with Crippen LogP contribution < -0.4 is 5.32 Å². The second-order valence-corrected chi connectivity index (χ2v) is 11.0. The van der Waals surface area contributed by atoms with E-state index in [9.17, 15) is 4.79 Å². The Morgan fingerprint density at radius 1 is 1.18 bits per heavy atom. The molecule has 7 nitrogen and oxygen atoms in total. The summed E-state index contributed by atoms with van der Waals surface area (Å²) in [6, 6.07) is 11.3. The minimum Gasteiger partial charge on any atom is -0.498 e. The van der Waals surface area contributed by atoms with Gasteiger partial charge in [0.25, 0.3) is 5.91 Å². The SMILES string of the molecule is COC1=CC(C(=O)N(CCCN2CCCC(NC(C)C)C2)C/C(C)=C/c2ccccc2)=CC(OC)CC1OC. The fraction of sp³-hybridized carbons (Fsp3) is 0.594. The summed E-state index contributed by atoms with van der Waals surface area (Å²) in [6.45, 7) is 10.9. The number of nitrogens with zero attached hydrogens (tertiary/aromatic N) is 2. The van der Waals surface area contributed by atoms with E-state index in [1.54, 1.807) is 21.3 Å². The van der Waals surface area contributed by atoms with Gasteiger partial charge in [-0.3, -0.25) is 4.79 Å². The molecule has 1 fully saturated rings. The number of hydrogen-bond acceptors (Lipinski definition) is 6. The maximum absolute atomic E-state index is 14.0. The van der Waals surface area contributed by atoms with Gasteiger partial charge in [-0.25, -0.2) is 0 Å². The molecule has 1 heterocycles. The van der Waals surface area contributed by atoms with Gasteiger partial charge in [0.15, 0.2) is 0 Å². The van der Waals surface area contributed by atoms with Gasteiger partial charge < -0.3 is 29.3 Å². The van der Waals surface area contributed by atoms with Crippen molar-refractivity contribution >= 4 is 12.0 Å². The molecule has 3 rings (SSSR count). The maximum atomic E-state index is 14.0. The highest BCUT2D eigenvalue weighted by Gasteiger charge is 2.28. The van der Waals surface area contributed by atoms with Gasteiger partial charge in [0, 0.05) is 57.9 Å². The summed E-state index contributed by atoms with van der Waals surface area (Å²) in [5.41, 5.74) is 2.86. The quantitative estimate of drug-likeness (QED) is 0.393. The maximum Gasteiger partial charge on any atom is 0.254 e. The van der Waals surface area contributed by atoms with E-state index in [4.69, 9.17) is 14.2 Å². The zero-order valence-corrected chi connectivity index (χ0v) is 24.8. The molecule has 7 heteroatoms. The van der Waals surface area contributed by atoms with Crippen LogP contribution in [0.5, 0.6) is 0 Å². The number of carbonyl (C=O) groups excluding carboxylic acids is 1. The molecule has 3 atom stereocenters. The average molecular weight is 540 g/mol. The first-order valence-corrected chi connectivity index (χ1v) is 14.4. The number of likely N-dealkylation sites (tertiary alicyclic amines) is 1. The van der Waals surface area contributed by atoms with Gasteiger partial charge in [0.2, 0.25) is 0 Å². The summed E-state index contributed by atoms with van der Waals surface area (Å²) in [4.78, 5) is 18.5. The zero-order chi connectivity index (χ0) is 28.2. The van der Waals surface area contributed by atoms with E-state index in [1.165, 1.54) is 12.8 Å². The predicted octanol–water partition coefficient (Wildman–Crippen LogP) is 4.66. The summed E-state index contributed by atoms with van der Waals surface area (Å²) >= 11 is 0. The Hall–Kier alpha value is -2.45. The van der Waals surface area contributed by atoms with Crippen molar-refractivity contribution in [3.63, 3.8) is 0 Å². The largest absolute Gasteiger partial charge is 0.498 e. The lowest BCUT2D eigenvalue weighted by Gasteiger charge is -2.34. The Morgan fingerprint density at radius 3 is 2.62 bits per heavy atom. The minimum atomic E-state index is -0.263. The Labute approximate surface area is 235 Å². The molecule has 39 heavy (non-hydrogen) atoms. The molecule has 0 spiro atoms. The second kappa shape index (κ2) is 16.0. The first kappa shape index (κ1) is 31.1. The van der Waals surface area contributed by atoms with E-state index < -0.39 is 0 Å². The van der Waals surface area contributed by atoms with Crippen molar-refractivity contribution in [2.45, 2.75) is 70.7 Å². The molecule has 1 amide bonds. The standard InChI is InChI=1S/C32H49N3O4/c1-24(2)33-28-14-10-15-34(23-28)16-11-17-35(22-25(3)18-26-12-8-7-9-13-26)32(36)27-19-29(37-4)21-31(39-6)30(20-27)38-5/h7-9,12-13,18-20,24,28-29,31,33H,10-11,14-17,21-23H2,1-6H3/b25-18+. The van der Waals surface area contributed by atoms with Crippen LogP contribution in [0.2, 0.25) is 0 Å². The number of hydrogen-bond donors (Lipinski definition) is 1. The van der Waals surface area contributed by atoms with Crippen LogP contribution >= 0.6 is 0 Å². The lowest BCUT2D eigenvalue weighted by molar-refractivity contribution is -0.126. The Bertz CT molecular complexity index is 988. The molecule has 1 N–H and O–H groups in total. The zero-order valence-electron chi connectivity index (χ0n) is 24.8. The molecule has 0 aromatic heterocycles. The molecule has 1 aliphatic heterocycles. The van der Waals surface area contributed by atoms with Crippen molar-refractivity contribution in [2.75, 3.05) is 54.1 Å². The molecule has 0 saturated carbocycles. The van der Waals surface area contributed by atoms with E-state index >= 15 is 0 Å². The highest BCUT2D eigenvalue weighted by molar-refractivity contribution is 5.96. The van der Waals surface area contributed by atoms with Gasteiger partial charge in [-0.2, -0.15) is 0 Å². The van der Waals surface area contributed by atoms with E-state index in [0.717, 1.165) is 37.2 Å². The lowest BCUT2D eigenvalue weighted by Crippen LogP contribution is -2.48. The smallest absolute Gasteiger partial charge is 0.254 e. The van der Waals surface area contributed by atoms with E-state index in [2.05, 4.69) is 49.2 Å². The normalized spacial score (nSPS) is 22.7. The number of piperidine rings is 1. The van der Waals surface area contributed by atoms with E-state index in [0.29, 0.717) is 42.9 Å². The molecular weight excluding hydrogens is 490 g/mol. The molecule has 1 aromatic carbocycles. The fourth-order valence-corrected chi connectivity index (χ4v) is 5.56. The van der Waals surface area contributed by atoms with Gasteiger partial charge in [-0.1, -0.05) is 55.8 Å². The molecule has 0 radical (unpaired) electrons. The molecular formula is C32H49N3O4. The van der Waals surface area contributed by atoms with Gasteiger partial charge >= 0.3 is 0 Å². The highest BCUT2D eigenvalue weighted by Crippen LogP contribution is 2.24. The first-order valence-electron chi connectivity index (χ1n) is 14.4. The molecule has 1 aromatic rings. The molecule has 216 valence electrons. The summed E-state index contributed by atoms with van der Waals surface area (Å²) in [5.74, 6) is 0.632. The van der Waals surface area contributed by atoms with E-state index in [1.807, 2.05) is 35.3 Å². The van der Waals surface area contributed by atoms with Crippen LogP contribution in [0, 0.1) is 0 Å². The molecule has 0 bridgehead atoms. The molecule has 3 unspecified atom stereocenters. The first-order chi connectivity index (χ1) is 18.8. The van der Waals surface area contributed by atoms with Gasteiger partial charge in [0.05, 0.1) is 13.2 Å². The van der Waals surface area contributed by atoms with Crippen LogP contribution in [0.3, 0.4) is 0 Å². The van der Waals surface area contributed by atoms with E-state index in [-0.39, 0.29) is 18.1 Å². The Kier molecular flexibility index (Phi) is 12.7. The van der Waals surface area contributed by atoms with Crippen LogP contribution in [0.15, 0.2) is 59.4 Å². The molecule has 1 saturated heterocycles. The number of ether oxygens (including phenoxy) is 3. The number of benzene rings is 1. The number of methoxy groups -OCH3 is 3. The predicted molar refractivity (Wildman–Crippen MR) is 158 cm³/mol. The highest BCUT2D eigenvalue weighted by atomic mass is 16.5. The van der Waals surface area contributed by atoms with Crippen LogP contribution in [-0.2, 0) is 19.0 Å². The van der Waals surface area contributed by atoms with Gasteiger partial charge in [-0.05, 0) is 57.0 Å². The molecule has 1 aliphatic carbocycles. The van der Waals surface area contributed by atoms with Gasteiger partial charge in [0.1, 0.15) is 11.9 Å². The van der Waals surface area contributed by atoms with Crippen molar-refractivity contribution in [3.8, 4) is 0 Å². The third-order valence-electron chi connectivity index (χ3n) is 7.41. The summed E-state index contributed by atoms with van der Waals surface area (Å²) in [7, 11) is 4.94. The van der Waals surface area contributed by atoms with Crippen molar-refractivity contribution in [1.29, 1.82) is 0 Å². The van der Waals surface area contributed by atoms with Crippen LogP contribution in [-0.4, -0.2) is 94.1 Å². The fourth-order valence-electron chi connectivity index (χ4n) is 5.56. The summed E-state index contributed by atoms with van der Waals surface area (Å²) < 4.78 is 16.9. The lowest BCUT2D eigenvalue weighted by atomic mass is 10.0. The van der Waals surface area contributed by atoms with Crippen molar-refractivity contribution in [1.82, 2.24) is 15.1 Å². The third kappa shape index (κ3) is 9.91. The van der Waals surface area contributed by atoms with Crippen molar-refractivity contribution in [3.05, 3.63) is 65.0 Å². The summed E-state index contributed by atoms with van der Waals surface area (Å²) in [6.07, 6.45) is 9.35. The van der Waals surface area contributed by atoms with Crippen molar-refractivity contribution in [2.24, 2.45) is 0 Å². The average Bonchev–Trinajstić information content (AvgIpc) is 3.11. The second-order valence-electron chi connectivity index (χ2n) is 11.0. The Balaban J connectivity index is 1.77. The van der Waals surface area contributed by atoms with Gasteiger partial charge in [-0.15, -0.1) is 0 Å². The number of carbonyl (C=O) groups is 1. The van der Waals surface area contributed by atoms with Crippen LogP contribution in [0.25, 0.3) is 6.08 Å². The Morgan fingerprint density at radius 2 is 1.95 bits per heavy atom. The van der Waals surface area contributed by atoms with Crippen LogP contribution in [0.4, 0.5) is 0 Å². The third-order valence-corrected chi connectivity index (χ3v) is 7.41. The topological polar surface area (TPSA) is 63.3 Å². The van der Waals surface area contributed by atoms with Crippen molar-refractivity contribution < 1.29 is 19.0 Å². The molecule has 2 aliphatic rings. The minimum absolute atomic E-state index is 0.0119.